The van der Waals surface area contributed by atoms with Crippen LogP contribution in [-0.2, 0) is 4.79 Å². The molecule has 1 aliphatic heterocycles. The van der Waals surface area contributed by atoms with Crippen molar-refractivity contribution >= 4 is 5.91 Å². The zero-order chi connectivity index (χ0) is 15.9. The summed E-state index contributed by atoms with van der Waals surface area (Å²) in [4.78, 5) is 17.1. The summed E-state index contributed by atoms with van der Waals surface area (Å²) in [6.07, 6.45) is 1.66. The lowest BCUT2D eigenvalue weighted by Gasteiger charge is -2.35. The number of carbonyl (C=O) groups is 1. The van der Waals surface area contributed by atoms with Crippen molar-refractivity contribution in [1.82, 2.24) is 15.1 Å². The van der Waals surface area contributed by atoms with Gasteiger partial charge in [-0.25, -0.2) is 0 Å². The highest BCUT2D eigenvalue weighted by atomic mass is 16.2. The highest BCUT2D eigenvalue weighted by Crippen LogP contribution is 2.09. The van der Waals surface area contributed by atoms with Crippen molar-refractivity contribution in [2.45, 2.75) is 46.1 Å². The third-order valence-electron chi connectivity index (χ3n) is 4.38. The first kappa shape index (κ1) is 18.4. The highest BCUT2D eigenvalue weighted by molar-refractivity contribution is 5.85. The molecule has 0 saturated carbocycles. The summed E-state index contributed by atoms with van der Waals surface area (Å²) in [5, 5.41) is 3.02. The van der Waals surface area contributed by atoms with Gasteiger partial charge in [-0.05, 0) is 25.8 Å². The zero-order valence-corrected chi connectivity index (χ0v) is 14.3. The van der Waals surface area contributed by atoms with Gasteiger partial charge in [0.2, 0.25) is 5.91 Å². The lowest BCUT2D eigenvalue weighted by atomic mass is 9.96. The summed E-state index contributed by atoms with van der Waals surface area (Å²) in [5.74, 6) is 0.437. The number of amides is 1. The Morgan fingerprint density at radius 3 is 2.33 bits per heavy atom. The lowest BCUT2D eigenvalue weighted by Crippen LogP contribution is -2.53. The standard InChI is InChI=1S/C16H34N4O/c1-5-7-16(4,17)15(21)18-12-14(3)13-20-10-8-19(6-2)9-11-20/h14H,5-13,17H2,1-4H3,(H,18,21). The summed E-state index contributed by atoms with van der Waals surface area (Å²) in [6, 6.07) is 0. The molecule has 3 N–H and O–H groups in total. The van der Waals surface area contributed by atoms with Crippen LogP contribution >= 0.6 is 0 Å². The molecule has 1 amide bonds. The van der Waals surface area contributed by atoms with Crippen LogP contribution in [0, 0.1) is 5.92 Å². The zero-order valence-electron chi connectivity index (χ0n) is 14.3. The van der Waals surface area contributed by atoms with Crippen LogP contribution in [0.3, 0.4) is 0 Å². The minimum absolute atomic E-state index is 0.0213. The van der Waals surface area contributed by atoms with E-state index < -0.39 is 5.54 Å². The predicted octanol–water partition coefficient (Wildman–Crippen LogP) is 0.894. The molecule has 2 unspecified atom stereocenters. The molecule has 124 valence electrons. The number of piperazine rings is 1. The van der Waals surface area contributed by atoms with Gasteiger partial charge in [0.15, 0.2) is 0 Å². The third-order valence-corrected chi connectivity index (χ3v) is 4.38. The molecule has 0 aromatic rings. The van der Waals surface area contributed by atoms with E-state index in [2.05, 4.69) is 35.9 Å². The van der Waals surface area contributed by atoms with Crippen molar-refractivity contribution < 1.29 is 4.79 Å². The third kappa shape index (κ3) is 6.32. The molecular formula is C16H34N4O. The lowest BCUT2D eigenvalue weighted by molar-refractivity contribution is -0.126. The number of likely N-dealkylation sites (N-methyl/N-ethyl adjacent to an activating group) is 1. The van der Waals surface area contributed by atoms with Gasteiger partial charge >= 0.3 is 0 Å². The Kier molecular flexibility index (Phi) is 7.63. The van der Waals surface area contributed by atoms with Crippen molar-refractivity contribution in [3.05, 3.63) is 0 Å². The first-order valence-corrected chi connectivity index (χ1v) is 8.41. The second-order valence-corrected chi connectivity index (χ2v) is 6.72. The molecular weight excluding hydrogens is 264 g/mol. The van der Waals surface area contributed by atoms with E-state index in [1.807, 2.05) is 6.92 Å². The van der Waals surface area contributed by atoms with E-state index in [9.17, 15) is 4.79 Å². The normalized spacial score (nSPS) is 21.8. The van der Waals surface area contributed by atoms with Crippen LogP contribution in [0.5, 0.6) is 0 Å². The van der Waals surface area contributed by atoms with E-state index >= 15 is 0 Å². The van der Waals surface area contributed by atoms with Crippen LogP contribution in [0.2, 0.25) is 0 Å². The van der Waals surface area contributed by atoms with Crippen LogP contribution < -0.4 is 11.1 Å². The molecule has 21 heavy (non-hydrogen) atoms. The summed E-state index contributed by atoms with van der Waals surface area (Å²) in [5.41, 5.74) is 5.31. The second-order valence-electron chi connectivity index (χ2n) is 6.72. The summed E-state index contributed by atoms with van der Waals surface area (Å²) in [6.45, 7) is 15.8. The molecule has 2 atom stereocenters. The van der Waals surface area contributed by atoms with E-state index in [1.165, 1.54) is 0 Å². The van der Waals surface area contributed by atoms with Crippen LogP contribution in [0.25, 0.3) is 0 Å². The molecule has 5 nitrogen and oxygen atoms in total. The molecule has 5 heteroatoms. The maximum absolute atomic E-state index is 12.1. The van der Waals surface area contributed by atoms with E-state index in [-0.39, 0.29) is 5.91 Å². The predicted molar refractivity (Wildman–Crippen MR) is 88.2 cm³/mol. The summed E-state index contributed by atoms with van der Waals surface area (Å²) < 4.78 is 0. The Hall–Kier alpha value is -0.650. The Bertz CT molecular complexity index is 311. The van der Waals surface area contributed by atoms with Crippen LogP contribution in [0.4, 0.5) is 0 Å². The molecule has 1 rings (SSSR count). The quantitative estimate of drug-likeness (QED) is 0.699. The number of rotatable bonds is 8. The summed E-state index contributed by atoms with van der Waals surface area (Å²) >= 11 is 0. The molecule has 1 saturated heterocycles. The molecule has 1 heterocycles. The fourth-order valence-electron chi connectivity index (χ4n) is 2.90. The fourth-order valence-corrected chi connectivity index (χ4v) is 2.90. The fraction of sp³-hybridized carbons (Fsp3) is 0.938. The van der Waals surface area contributed by atoms with E-state index in [0.29, 0.717) is 12.5 Å². The van der Waals surface area contributed by atoms with Gasteiger partial charge in [-0.1, -0.05) is 27.2 Å². The molecule has 0 aliphatic carbocycles. The molecule has 0 spiro atoms. The molecule has 1 aliphatic rings. The van der Waals surface area contributed by atoms with Crippen LogP contribution in [0.15, 0.2) is 0 Å². The number of carbonyl (C=O) groups excluding carboxylic acids is 1. The minimum atomic E-state index is -0.735. The largest absolute Gasteiger partial charge is 0.354 e. The van der Waals surface area contributed by atoms with Gasteiger partial charge in [-0.2, -0.15) is 0 Å². The van der Waals surface area contributed by atoms with E-state index in [1.54, 1.807) is 0 Å². The van der Waals surface area contributed by atoms with E-state index in [4.69, 9.17) is 5.73 Å². The second kappa shape index (κ2) is 8.71. The van der Waals surface area contributed by atoms with Crippen molar-refractivity contribution in [2.24, 2.45) is 11.7 Å². The minimum Gasteiger partial charge on any atom is -0.354 e. The maximum atomic E-state index is 12.1. The van der Waals surface area contributed by atoms with Crippen molar-refractivity contribution in [1.29, 1.82) is 0 Å². The van der Waals surface area contributed by atoms with Gasteiger partial charge in [-0.3, -0.25) is 4.79 Å². The Morgan fingerprint density at radius 2 is 1.81 bits per heavy atom. The molecule has 0 bridgehead atoms. The monoisotopic (exact) mass is 298 g/mol. The Balaban J connectivity index is 2.25. The average Bonchev–Trinajstić information content (AvgIpc) is 2.45. The number of nitrogens with one attached hydrogen (secondary N) is 1. The highest BCUT2D eigenvalue weighted by Gasteiger charge is 2.27. The van der Waals surface area contributed by atoms with Gasteiger partial charge in [-0.15, -0.1) is 0 Å². The number of hydrogen-bond acceptors (Lipinski definition) is 4. The average molecular weight is 298 g/mol. The van der Waals surface area contributed by atoms with Gasteiger partial charge in [0.05, 0.1) is 5.54 Å². The van der Waals surface area contributed by atoms with Gasteiger partial charge < -0.3 is 20.9 Å². The first-order valence-electron chi connectivity index (χ1n) is 8.41. The number of nitrogens with two attached hydrogens (primary N) is 1. The number of nitrogens with zero attached hydrogens (tertiary/aromatic N) is 2. The smallest absolute Gasteiger partial charge is 0.239 e. The summed E-state index contributed by atoms with van der Waals surface area (Å²) in [7, 11) is 0. The molecule has 0 aromatic heterocycles. The first-order chi connectivity index (χ1) is 9.89. The van der Waals surface area contributed by atoms with Gasteiger partial charge in [0.1, 0.15) is 0 Å². The van der Waals surface area contributed by atoms with Gasteiger partial charge in [0, 0.05) is 39.3 Å². The SMILES string of the molecule is CCCC(C)(N)C(=O)NCC(C)CN1CCN(CC)CC1. The molecule has 1 fully saturated rings. The van der Waals surface area contributed by atoms with Crippen LogP contribution in [-0.4, -0.2) is 67.1 Å². The topological polar surface area (TPSA) is 61.6 Å². The number of hydrogen-bond donors (Lipinski definition) is 2. The Morgan fingerprint density at radius 1 is 1.24 bits per heavy atom. The Labute approximate surface area is 130 Å². The van der Waals surface area contributed by atoms with Crippen molar-refractivity contribution in [3.8, 4) is 0 Å². The van der Waals surface area contributed by atoms with Crippen LogP contribution in [0.1, 0.15) is 40.5 Å². The molecule has 0 radical (unpaired) electrons. The molecule has 0 aromatic carbocycles. The van der Waals surface area contributed by atoms with Crippen molar-refractivity contribution in [3.63, 3.8) is 0 Å². The maximum Gasteiger partial charge on any atom is 0.239 e. The van der Waals surface area contributed by atoms with Gasteiger partial charge in [0.25, 0.3) is 0 Å². The van der Waals surface area contributed by atoms with Crippen molar-refractivity contribution in [2.75, 3.05) is 45.8 Å². The van der Waals surface area contributed by atoms with E-state index in [0.717, 1.165) is 52.1 Å².